The molecule has 2 aromatic rings. The number of rotatable bonds is 6. The molecule has 0 N–H and O–H groups in total. The van der Waals surface area contributed by atoms with Crippen LogP contribution in [-0.2, 0) is 19.6 Å². The normalized spacial score (nSPS) is 18.8. The predicted molar refractivity (Wildman–Crippen MR) is 86.5 cm³/mol. The zero-order valence-electron chi connectivity index (χ0n) is 13.8. The Bertz CT molecular complexity index is 599. The van der Waals surface area contributed by atoms with Crippen molar-refractivity contribution in [2.75, 3.05) is 27.2 Å². The smallest absolute Gasteiger partial charge is 0.0951 e. The molecule has 0 aliphatic carbocycles. The summed E-state index contributed by atoms with van der Waals surface area (Å²) in [6.07, 6.45) is 9.29. The first-order valence-electron chi connectivity index (χ1n) is 8.05. The standard InChI is InChI=1S/C16H26N6/c1-4-21-10-14(7-18-21)9-20-11-15(5-6-19(2)3)22-13-17-8-16(22)12-20/h7-8,10,13,15H,4-6,9,11-12H2,1-3H3. The molecule has 2 aromatic heterocycles. The maximum absolute atomic E-state index is 4.38. The van der Waals surface area contributed by atoms with Gasteiger partial charge in [0.1, 0.15) is 0 Å². The molecule has 3 heterocycles. The summed E-state index contributed by atoms with van der Waals surface area (Å²) in [4.78, 5) is 9.11. The molecule has 1 aliphatic heterocycles. The number of fused-ring (bicyclic) bond motifs is 1. The van der Waals surface area contributed by atoms with Crippen molar-refractivity contribution in [2.24, 2.45) is 0 Å². The average Bonchev–Trinajstić information content (AvgIpc) is 3.13. The highest BCUT2D eigenvalue weighted by molar-refractivity contribution is 5.08. The zero-order valence-corrected chi connectivity index (χ0v) is 13.8. The highest BCUT2D eigenvalue weighted by Gasteiger charge is 2.25. The second-order valence-electron chi connectivity index (χ2n) is 6.41. The summed E-state index contributed by atoms with van der Waals surface area (Å²) in [7, 11) is 4.27. The molecule has 0 saturated heterocycles. The molecule has 0 bridgehead atoms. The molecule has 0 spiro atoms. The van der Waals surface area contributed by atoms with Gasteiger partial charge >= 0.3 is 0 Å². The Morgan fingerprint density at radius 3 is 2.91 bits per heavy atom. The largest absolute Gasteiger partial charge is 0.329 e. The molecule has 120 valence electrons. The minimum Gasteiger partial charge on any atom is -0.329 e. The summed E-state index contributed by atoms with van der Waals surface area (Å²) in [5.74, 6) is 0. The van der Waals surface area contributed by atoms with Gasteiger partial charge in [0.05, 0.1) is 18.2 Å². The SMILES string of the molecule is CCn1cc(CN2Cc3cncn3C(CCN(C)C)C2)cn1. The van der Waals surface area contributed by atoms with Crippen molar-refractivity contribution in [3.63, 3.8) is 0 Å². The number of aryl methyl sites for hydroxylation is 1. The van der Waals surface area contributed by atoms with Crippen molar-refractivity contribution in [3.8, 4) is 0 Å². The highest BCUT2D eigenvalue weighted by Crippen LogP contribution is 2.24. The van der Waals surface area contributed by atoms with Crippen molar-refractivity contribution in [2.45, 2.75) is 39.0 Å². The van der Waals surface area contributed by atoms with Crippen LogP contribution in [0, 0.1) is 0 Å². The molecule has 6 heteroatoms. The second-order valence-corrected chi connectivity index (χ2v) is 6.41. The van der Waals surface area contributed by atoms with E-state index in [1.54, 1.807) is 0 Å². The van der Waals surface area contributed by atoms with Crippen molar-refractivity contribution in [1.29, 1.82) is 0 Å². The summed E-state index contributed by atoms with van der Waals surface area (Å²) in [5, 5.41) is 4.38. The molecule has 3 rings (SSSR count). The van der Waals surface area contributed by atoms with Gasteiger partial charge in [-0.05, 0) is 34.0 Å². The van der Waals surface area contributed by atoms with Gasteiger partial charge in [-0.3, -0.25) is 9.58 Å². The quantitative estimate of drug-likeness (QED) is 0.813. The van der Waals surface area contributed by atoms with E-state index in [9.17, 15) is 0 Å². The number of imidazole rings is 1. The number of hydrogen-bond donors (Lipinski definition) is 0. The van der Waals surface area contributed by atoms with Crippen LogP contribution in [0.4, 0.5) is 0 Å². The van der Waals surface area contributed by atoms with Crippen LogP contribution in [0.3, 0.4) is 0 Å². The third-order valence-corrected chi connectivity index (χ3v) is 4.32. The van der Waals surface area contributed by atoms with Crippen LogP contribution in [0.1, 0.15) is 30.6 Å². The fraction of sp³-hybridized carbons (Fsp3) is 0.625. The molecule has 1 aliphatic rings. The van der Waals surface area contributed by atoms with Crippen LogP contribution in [0.2, 0.25) is 0 Å². The summed E-state index contributed by atoms with van der Waals surface area (Å²) in [6.45, 7) is 7.16. The molecule has 0 amide bonds. The first-order valence-corrected chi connectivity index (χ1v) is 8.05. The average molecular weight is 302 g/mol. The topological polar surface area (TPSA) is 42.1 Å². The molecular formula is C16H26N6. The molecule has 22 heavy (non-hydrogen) atoms. The van der Waals surface area contributed by atoms with E-state index in [-0.39, 0.29) is 0 Å². The molecular weight excluding hydrogens is 276 g/mol. The van der Waals surface area contributed by atoms with E-state index in [0.29, 0.717) is 6.04 Å². The Hall–Kier alpha value is -1.66. The van der Waals surface area contributed by atoms with Gasteiger partial charge in [-0.15, -0.1) is 0 Å². The molecule has 1 atom stereocenters. The lowest BCUT2D eigenvalue weighted by atomic mass is 10.1. The van der Waals surface area contributed by atoms with Crippen LogP contribution >= 0.6 is 0 Å². The monoisotopic (exact) mass is 302 g/mol. The van der Waals surface area contributed by atoms with Gasteiger partial charge in [0.25, 0.3) is 0 Å². The fourth-order valence-electron chi connectivity index (χ4n) is 3.14. The zero-order chi connectivity index (χ0) is 15.5. The minimum atomic E-state index is 0.509. The van der Waals surface area contributed by atoms with Crippen LogP contribution < -0.4 is 0 Å². The van der Waals surface area contributed by atoms with Gasteiger partial charge in [-0.2, -0.15) is 5.10 Å². The van der Waals surface area contributed by atoms with Gasteiger partial charge in [0, 0.05) is 50.2 Å². The van der Waals surface area contributed by atoms with Crippen molar-refractivity contribution in [1.82, 2.24) is 29.1 Å². The lowest BCUT2D eigenvalue weighted by molar-refractivity contribution is 0.165. The Morgan fingerprint density at radius 1 is 1.32 bits per heavy atom. The molecule has 0 saturated carbocycles. The van der Waals surface area contributed by atoms with E-state index in [4.69, 9.17) is 0 Å². The van der Waals surface area contributed by atoms with Crippen LogP contribution in [0.5, 0.6) is 0 Å². The molecule has 0 radical (unpaired) electrons. The summed E-state index contributed by atoms with van der Waals surface area (Å²) in [6, 6.07) is 0.509. The van der Waals surface area contributed by atoms with E-state index in [1.807, 2.05) is 23.4 Å². The van der Waals surface area contributed by atoms with E-state index in [0.717, 1.165) is 39.1 Å². The van der Waals surface area contributed by atoms with Crippen LogP contribution in [0.15, 0.2) is 24.9 Å². The Kier molecular flexibility index (Phi) is 4.59. The van der Waals surface area contributed by atoms with E-state index < -0.39 is 0 Å². The number of nitrogens with zero attached hydrogens (tertiary/aromatic N) is 6. The molecule has 6 nitrogen and oxygen atoms in total. The van der Waals surface area contributed by atoms with Gasteiger partial charge < -0.3 is 9.47 Å². The summed E-state index contributed by atoms with van der Waals surface area (Å²) < 4.78 is 4.35. The lowest BCUT2D eigenvalue weighted by Crippen LogP contribution is -2.37. The molecule has 0 fully saturated rings. The fourth-order valence-corrected chi connectivity index (χ4v) is 3.14. The summed E-state index contributed by atoms with van der Waals surface area (Å²) in [5.41, 5.74) is 2.61. The third kappa shape index (κ3) is 3.39. The Morgan fingerprint density at radius 2 is 2.18 bits per heavy atom. The first kappa shape index (κ1) is 15.2. The van der Waals surface area contributed by atoms with Crippen molar-refractivity contribution < 1.29 is 0 Å². The van der Waals surface area contributed by atoms with Gasteiger partial charge in [-0.1, -0.05) is 0 Å². The number of hydrogen-bond acceptors (Lipinski definition) is 4. The van der Waals surface area contributed by atoms with E-state index in [2.05, 4.69) is 51.7 Å². The second kappa shape index (κ2) is 6.62. The van der Waals surface area contributed by atoms with E-state index in [1.165, 1.54) is 11.3 Å². The lowest BCUT2D eigenvalue weighted by Gasteiger charge is -2.34. The maximum atomic E-state index is 4.38. The third-order valence-electron chi connectivity index (χ3n) is 4.32. The van der Waals surface area contributed by atoms with Gasteiger partial charge in [0.15, 0.2) is 0 Å². The van der Waals surface area contributed by atoms with Crippen LogP contribution in [0.25, 0.3) is 0 Å². The van der Waals surface area contributed by atoms with E-state index >= 15 is 0 Å². The summed E-state index contributed by atoms with van der Waals surface area (Å²) >= 11 is 0. The molecule has 0 aromatic carbocycles. The maximum Gasteiger partial charge on any atom is 0.0951 e. The van der Waals surface area contributed by atoms with Gasteiger partial charge in [-0.25, -0.2) is 4.98 Å². The van der Waals surface area contributed by atoms with Crippen LogP contribution in [-0.4, -0.2) is 56.3 Å². The number of aromatic nitrogens is 4. The Labute approximate surface area is 132 Å². The molecule has 1 unspecified atom stereocenters. The van der Waals surface area contributed by atoms with Crippen molar-refractivity contribution in [3.05, 3.63) is 36.2 Å². The Balaban J connectivity index is 1.69. The van der Waals surface area contributed by atoms with Gasteiger partial charge in [0.2, 0.25) is 0 Å². The predicted octanol–water partition coefficient (Wildman–Crippen LogP) is 1.61. The first-order chi connectivity index (χ1) is 10.7. The highest BCUT2D eigenvalue weighted by atomic mass is 15.3. The minimum absolute atomic E-state index is 0.509. The van der Waals surface area contributed by atoms with Crippen molar-refractivity contribution >= 4 is 0 Å².